The van der Waals surface area contributed by atoms with E-state index < -0.39 is 34.8 Å². The Morgan fingerprint density at radius 1 is 1.03 bits per heavy atom. The van der Waals surface area contributed by atoms with Crippen LogP contribution in [0.25, 0.3) is 0 Å². The molecule has 1 fully saturated rings. The quantitative estimate of drug-likeness (QED) is 0.193. The standard InChI is InChI=1S/C17H38O8P4S/c1-5-9(2)15-11(4)10(3)6-12(15)7-13(22-27)17(25-30(18,19)20)16(24-29)14(23-28)8-21-26/h9-17H,5-8,26-29H2,1-4H3,(H,18,19,20)/p-1. The molecule has 1 aliphatic rings. The zero-order valence-corrected chi connectivity index (χ0v) is 23.4. The molecule has 1 rings (SSSR count). The van der Waals surface area contributed by atoms with Crippen LogP contribution in [0.3, 0.4) is 0 Å². The van der Waals surface area contributed by atoms with E-state index in [1.807, 2.05) is 0 Å². The molecule has 0 heterocycles. The minimum absolute atomic E-state index is 0.0720. The summed E-state index contributed by atoms with van der Waals surface area (Å²) in [5, 5.41) is 0. The maximum Gasteiger partial charge on any atom is 0.218 e. The largest absolute Gasteiger partial charge is 0.726 e. The topological polar surface area (TPSA) is 103 Å². The first-order chi connectivity index (χ1) is 14.0. The van der Waals surface area contributed by atoms with Crippen LogP contribution < -0.4 is 0 Å². The summed E-state index contributed by atoms with van der Waals surface area (Å²) in [5.41, 5.74) is 0. The molecule has 13 heteroatoms. The van der Waals surface area contributed by atoms with E-state index in [0.717, 1.165) is 12.8 Å². The van der Waals surface area contributed by atoms with Gasteiger partial charge in [-0.15, -0.1) is 0 Å². The Morgan fingerprint density at radius 2 is 1.63 bits per heavy atom. The van der Waals surface area contributed by atoms with Crippen molar-refractivity contribution in [1.82, 2.24) is 0 Å². The van der Waals surface area contributed by atoms with Gasteiger partial charge in [-0.3, -0.25) is 4.18 Å². The summed E-state index contributed by atoms with van der Waals surface area (Å²) in [6.45, 7) is 9.02. The minimum Gasteiger partial charge on any atom is -0.726 e. The van der Waals surface area contributed by atoms with Crippen molar-refractivity contribution in [1.29, 1.82) is 0 Å². The van der Waals surface area contributed by atoms with Crippen LogP contribution >= 0.6 is 37.9 Å². The third-order valence-corrected chi connectivity index (χ3v) is 8.28. The van der Waals surface area contributed by atoms with E-state index in [2.05, 4.69) is 65.6 Å². The monoisotopic (exact) mass is 525 g/mol. The molecule has 13 atom stereocenters. The van der Waals surface area contributed by atoms with Gasteiger partial charge in [0.05, 0.1) is 12.7 Å². The maximum atomic E-state index is 11.5. The first-order valence-electron chi connectivity index (χ1n) is 10.1. The molecule has 0 amide bonds. The lowest BCUT2D eigenvalue weighted by Crippen LogP contribution is -2.49. The highest BCUT2D eigenvalue weighted by molar-refractivity contribution is 7.80. The second-order valence-electron chi connectivity index (χ2n) is 8.28. The van der Waals surface area contributed by atoms with E-state index in [9.17, 15) is 13.0 Å². The molecule has 30 heavy (non-hydrogen) atoms. The first kappa shape index (κ1) is 29.5. The van der Waals surface area contributed by atoms with Gasteiger partial charge in [-0.2, -0.15) is 0 Å². The fraction of sp³-hybridized carbons (Fsp3) is 1.00. The lowest BCUT2D eigenvalue weighted by Gasteiger charge is -2.37. The Balaban J connectivity index is 3.21. The summed E-state index contributed by atoms with van der Waals surface area (Å²) in [4.78, 5) is 0. The van der Waals surface area contributed by atoms with E-state index in [-0.39, 0.29) is 6.61 Å². The average molecular weight is 525 g/mol. The SMILES string of the molecule is CCC(C)C1C(CC(OP)C(OS(=O)(=O)[O-])C(OP)C(COP)OP)CC(C)C1C. The molecular formula is C17H37O8P4S-. The summed E-state index contributed by atoms with van der Waals surface area (Å²) in [5.74, 6) is 2.38. The highest BCUT2D eigenvalue weighted by atomic mass is 32.3. The van der Waals surface area contributed by atoms with Crippen molar-refractivity contribution in [2.45, 2.75) is 71.4 Å². The highest BCUT2D eigenvalue weighted by Crippen LogP contribution is 2.48. The van der Waals surface area contributed by atoms with Crippen LogP contribution in [0.1, 0.15) is 47.0 Å². The van der Waals surface area contributed by atoms with Gasteiger partial charge < -0.3 is 22.6 Å². The predicted octanol–water partition coefficient (Wildman–Crippen LogP) is 3.51. The fourth-order valence-electron chi connectivity index (χ4n) is 4.88. The molecule has 0 spiro atoms. The molecule has 0 aromatic heterocycles. The molecule has 8 nitrogen and oxygen atoms in total. The summed E-state index contributed by atoms with van der Waals surface area (Å²) >= 11 is 0. The van der Waals surface area contributed by atoms with Crippen LogP contribution in [-0.4, -0.2) is 44.0 Å². The van der Waals surface area contributed by atoms with Crippen LogP contribution in [0.4, 0.5) is 0 Å². The lowest BCUT2D eigenvalue weighted by molar-refractivity contribution is -0.0693. The predicted molar refractivity (Wildman–Crippen MR) is 128 cm³/mol. The Bertz CT molecular complexity index is 598. The molecule has 0 radical (unpaired) electrons. The van der Waals surface area contributed by atoms with E-state index >= 15 is 0 Å². The maximum absolute atomic E-state index is 11.5. The molecular weight excluding hydrogens is 488 g/mol. The van der Waals surface area contributed by atoms with Gasteiger partial charge in [0.2, 0.25) is 10.4 Å². The fourth-order valence-corrected chi connectivity index (χ4v) is 6.40. The first-order valence-corrected chi connectivity index (χ1v) is 13.3. The van der Waals surface area contributed by atoms with Crippen LogP contribution in [0, 0.1) is 29.6 Å². The Morgan fingerprint density at radius 3 is 2.07 bits per heavy atom. The van der Waals surface area contributed by atoms with Gasteiger partial charge in [-0.25, -0.2) is 8.42 Å². The van der Waals surface area contributed by atoms with Gasteiger partial charge in [0.15, 0.2) is 0 Å². The van der Waals surface area contributed by atoms with Crippen molar-refractivity contribution in [3.8, 4) is 0 Å². The lowest BCUT2D eigenvalue weighted by atomic mass is 9.76. The molecule has 13 unspecified atom stereocenters. The summed E-state index contributed by atoms with van der Waals surface area (Å²) in [6, 6.07) is 0. The van der Waals surface area contributed by atoms with Crippen molar-refractivity contribution in [3.05, 3.63) is 0 Å². The Labute approximate surface area is 191 Å². The van der Waals surface area contributed by atoms with Gasteiger partial charge in [0.1, 0.15) is 18.3 Å². The van der Waals surface area contributed by atoms with Crippen molar-refractivity contribution in [2.24, 2.45) is 29.6 Å². The van der Waals surface area contributed by atoms with E-state index in [1.54, 1.807) is 0 Å². The molecule has 1 saturated carbocycles. The van der Waals surface area contributed by atoms with E-state index in [1.165, 1.54) is 0 Å². The van der Waals surface area contributed by atoms with Gasteiger partial charge >= 0.3 is 0 Å². The molecule has 0 saturated heterocycles. The normalized spacial score (nSPS) is 30.0. The minimum atomic E-state index is -5.02. The molecule has 0 bridgehead atoms. The van der Waals surface area contributed by atoms with Crippen LogP contribution in [0.2, 0.25) is 0 Å². The number of hydrogen-bond acceptors (Lipinski definition) is 8. The Hall–Kier alpha value is 1.43. The molecule has 1 aliphatic carbocycles. The van der Waals surface area contributed by atoms with E-state index in [0.29, 0.717) is 36.0 Å². The van der Waals surface area contributed by atoms with Crippen molar-refractivity contribution < 1.29 is 35.2 Å². The number of hydrogen-bond donors (Lipinski definition) is 0. The smallest absolute Gasteiger partial charge is 0.218 e. The van der Waals surface area contributed by atoms with Gasteiger partial charge in [-0.05, 0) is 42.4 Å². The van der Waals surface area contributed by atoms with Crippen LogP contribution in [-0.2, 0) is 32.7 Å². The van der Waals surface area contributed by atoms with Crippen molar-refractivity contribution >= 4 is 48.3 Å². The third kappa shape index (κ3) is 8.33. The summed E-state index contributed by atoms with van der Waals surface area (Å²) < 4.78 is 60.9. The molecule has 0 aromatic rings. The number of rotatable bonds is 14. The second-order valence-corrected chi connectivity index (χ2v) is 10.4. The molecule has 0 aliphatic heterocycles. The van der Waals surface area contributed by atoms with Crippen molar-refractivity contribution in [3.63, 3.8) is 0 Å². The molecule has 0 N–H and O–H groups in total. The van der Waals surface area contributed by atoms with Gasteiger partial charge in [0, 0.05) is 37.9 Å². The average Bonchev–Trinajstić information content (AvgIpc) is 2.96. The highest BCUT2D eigenvalue weighted by Gasteiger charge is 2.45. The van der Waals surface area contributed by atoms with Crippen LogP contribution in [0.15, 0.2) is 0 Å². The zero-order valence-electron chi connectivity index (χ0n) is 18.0. The van der Waals surface area contributed by atoms with Crippen LogP contribution in [0.5, 0.6) is 0 Å². The summed E-state index contributed by atoms with van der Waals surface area (Å²) in [7, 11) is 3.42. The molecule has 0 aromatic carbocycles. The molecule has 180 valence electrons. The third-order valence-electron chi connectivity index (χ3n) is 6.61. The second kappa shape index (κ2) is 14.0. The van der Waals surface area contributed by atoms with Crippen molar-refractivity contribution in [2.75, 3.05) is 6.61 Å². The zero-order chi connectivity index (χ0) is 23.1. The summed E-state index contributed by atoms with van der Waals surface area (Å²) in [6.07, 6.45) is -0.995. The van der Waals surface area contributed by atoms with E-state index in [4.69, 9.17) is 22.3 Å². The van der Waals surface area contributed by atoms with Gasteiger partial charge in [0.25, 0.3) is 0 Å². The Kier molecular flexibility index (Phi) is 13.7. The van der Waals surface area contributed by atoms with Gasteiger partial charge in [-0.1, -0.05) is 34.1 Å².